The van der Waals surface area contributed by atoms with Gasteiger partial charge < -0.3 is 10.6 Å². The van der Waals surface area contributed by atoms with Crippen molar-refractivity contribution >= 4 is 24.3 Å². The average Bonchev–Trinajstić information content (AvgIpc) is 3.34. The maximum Gasteiger partial charge on any atom is 0.147 e. The zero-order valence-electron chi connectivity index (χ0n) is 16.9. The van der Waals surface area contributed by atoms with Gasteiger partial charge in [-0.05, 0) is 69.6 Å². The molecule has 0 radical (unpaired) electrons. The minimum atomic E-state index is 0.381. The van der Waals surface area contributed by atoms with E-state index in [4.69, 9.17) is 15.7 Å². The summed E-state index contributed by atoms with van der Waals surface area (Å²) in [4.78, 5) is 17.2. The van der Waals surface area contributed by atoms with Crippen molar-refractivity contribution in [3.05, 3.63) is 34.6 Å². The van der Waals surface area contributed by atoms with Gasteiger partial charge in [-0.25, -0.2) is 9.97 Å². The highest BCUT2D eigenvalue weighted by Gasteiger charge is 2.43. The van der Waals surface area contributed by atoms with E-state index in [2.05, 4.69) is 29.6 Å². The Bertz CT molecular complexity index is 775. The SMILES string of the molecule is C=NC1=C(/C(=C\C)Sc2cnc(N3CCC4(CCC[C@H]4N)CC3)cn2)CCC1. The first-order valence-electron chi connectivity index (χ1n) is 10.5. The van der Waals surface area contributed by atoms with E-state index in [-0.39, 0.29) is 0 Å². The summed E-state index contributed by atoms with van der Waals surface area (Å²) in [6, 6.07) is 0.388. The van der Waals surface area contributed by atoms with Crippen LogP contribution in [-0.4, -0.2) is 35.8 Å². The van der Waals surface area contributed by atoms with Crippen molar-refractivity contribution in [2.75, 3.05) is 18.0 Å². The molecule has 0 unspecified atom stereocenters. The third-order valence-corrected chi connectivity index (χ3v) is 7.95. The number of aliphatic imine (C=N–C) groups is 1. The van der Waals surface area contributed by atoms with Gasteiger partial charge >= 0.3 is 0 Å². The van der Waals surface area contributed by atoms with Crippen LogP contribution in [0.25, 0.3) is 0 Å². The quantitative estimate of drug-likeness (QED) is 0.576. The summed E-state index contributed by atoms with van der Waals surface area (Å²) in [5.41, 5.74) is 9.25. The van der Waals surface area contributed by atoms with E-state index in [1.807, 2.05) is 12.4 Å². The molecule has 2 heterocycles. The van der Waals surface area contributed by atoms with E-state index in [0.29, 0.717) is 11.5 Å². The van der Waals surface area contributed by atoms with Crippen molar-refractivity contribution in [1.82, 2.24) is 9.97 Å². The van der Waals surface area contributed by atoms with Crippen molar-refractivity contribution < 1.29 is 0 Å². The third-order valence-electron chi connectivity index (χ3n) is 6.83. The molecule has 0 aromatic carbocycles. The normalized spacial score (nSPS) is 25.0. The fourth-order valence-electron chi connectivity index (χ4n) is 5.07. The molecule has 6 heteroatoms. The van der Waals surface area contributed by atoms with E-state index in [9.17, 15) is 0 Å². The summed E-state index contributed by atoms with van der Waals surface area (Å²) in [7, 11) is 0. The van der Waals surface area contributed by atoms with Gasteiger partial charge in [0.25, 0.3) is 0 Å². The minimum absolute atomic E-state index is 0.381. The molecular weight excluding hydrogens is 366 g/mol. The van der Waals surface area contributed by atoms with E-state index in [1.165, 1.54) is 42.6 Å². The Morgan fingerprint density at radius 3 is 2.68 bits per heavy atom. The number of aromatic nitrogens is 2. The zero-order chi connectivity index (χ0) is 19.6. The smallest absolute Gasteiger partial charge is 0.147 e. The van der Waals surface area contributed by atoms with Crippen molar-refractivity contribution in [3.8, 4) is 0 Å². The van der Waals surface area contributed by atoms with Gasteiger partial charge in [-0.1, -0.05) is 24.3 Å². The Hall–Kier alpha value is -1.66. The van der Waals surface area contributed by atoms with Gasteiger partial charge in [0.15, 0.2) is 0 Å². The molecule has 0 amide bonds. The zero-order valence-corrected chi connectivity index (χ0v) is 17.7. The van der Waals surface area contributed by atoms with Crippen LogP contribution in [0.1, 0.15) is 58.3 Å². The van der Waals surface area contributed by atoms with Crippen molar-refractivity contribution in [1.29, 1.82) is 0 Å². The highest BCUT2D eigenvalue weighted by Crippen LogP contribution is 2.46. The summed E-state index contributed by atoms with van der Waals surface area (Å²) in [5.74, 6) is 0.987. The maximum atomic E-state index is 6.41. The first-order chi connectivity index (χ1) is 13.6. The van der Waals surface area contributed by atoms with Gasteiger partial charge in [-0.3, -0.25) is 4.99 Å². The van der Waals surface area contributed by atoms with Crippen LogP contribution in [0.5, 0.6) is 0 Å². The van der Waals surface area contributed by atoms with Crippen LogP contribution in [0.3, 0.4) is 0 Å². The Morgan fingerprint density at radius 2 is 2.07 bits per heavy atom. The lowest BCUT2D eigenvalue weighted by Crippen LogP contribution is -2.47. The number of thioether (sulfide) groups is 1. The fraction of sp³-hybridized carbons (Fsp3) is 0.591. The van der Waals surface area contributed by atoms with E-state index < -0.39 is 0 Å². The summed E-state index contributed by atoms with van der Waals surface area (Å²) < 4.78 is 0. The predicted octanol–water partition coefficient (Wildman–Crippen LogP) is 4.71. The highest BCUT2D eigenvalue weighted by molar-refractivity contribution is 8.03. The molecule has 1 saturated heterocycles. The Morgan fingerprint density at radius 1 is 1.25 bits per heavy atom. The Kier molecular flexibility index (Phi) is 5.88. The molecule has 1 aromatic heterocycles. The maximum absolute atomic E-state index is 6.41. The van der Waals surface area contributed by atoms with Gasteiger partial charge in [-0.2, -0.15) is 0 Å². The van der Waals surface area contributed by atoms with Crippen LogP contribution in [0.15, 0.2) is 44.7 Å². The van der Waals surface area contributed by atoms with Crippen molar-refractivity contribution in [2.45, 2.75) is 69.4 Å². The molecule has 1 aliphatic heterocycles. The Balaban J connectivity index is 1.40. The second-order valence-corrected chi connectivity index (χ2v) is 9.32. The fourth-order valence-corrected chi connectivity index (χ4v) is 5.97. The number of rotatable bonds is 5. The number of piperidine rings is 1. The van der Waals surface area contributed by atoms with Gasteiger partial charge in [0.05, 0.1) is 12.4 Å². The first-order valence-corrected chi connectivity index (χ1v) is 11.3. The lowest BCUT2D eigenvalue weighted by Gasteiger charge is -2.42. The molecule has 2 fully saturated rings. The monoisotopic (exact) mass is 397 g/mol. The lowest BCUT2D eigenvalue weighted by atomic mass is 9.74. The number of nitrogens with two attached hydrogens (primary N) is 1. The number of anilines is 1. The Labute approximate surface area is 172 Å². The van der Waals surface area contributed by atoms with Crippen LogP contribution in [0.2, 0.25) is 0 Å². The summed E-state index contributed by atoms with van der Waals surface area (Å²) >= 11 is 1.68. The molecule has 3 aliphatic rings. The minimum Gasteiger partial charge on any atom is -0.355 e. The molecule has 4 rings (SSSR count). The highest BCUT2D eigenvalue weighted by atomic mass is 32.2. The van der Waals surface area contributed by atoms with Gasteiger partial charge in [0.2, 0.25) is 0 Å². The van der Waals surface area contributed by atoms with Crippen LogP contribution >= 0.6 is 11.8 Å². The summed E-state index contributed by atoms with van der Waals surface area (Å²) in [6.07, 6.45) is 15.4. The summed E-state index contributed by atoms with van der Waals surface area (Å²) in [5, 5.41) is 0.936. The molecule has 5 nitrogen and oxygen atoms in total. The van der Waals surface area contributed by atoms with Crippen LogP contribution in [0.4, 0.5) is 5.82 Å². The van der Waals surface area contributed by atoms with E-state index >= 15 is 0 Å². The van der Waals surface area contributed by atoms with Gasteiger partial charge in [-0.15, -0.1) is 0 Å². The van der Waals surface area contributed by atoms with Crippen molar-refractivity contribution in [3.63, 3.8) is 0 Å². The standard InChI is InChI=1S/C22H31N5S/c1-3-18(16-6-4-7-17(16)24-2)28-21-15-25-20(14-26-21)27-12-10-22(11-13-27)9-5-8-19(22)23/h3,14-15,19H,2,4-13,23H2,1H3/b18-3+/t19-/m1/s1. The predicted molar refractivity (Wildman–Crippen MR) is 118 cm³/mol. The van der Waals surface area contributed by atoms with E-state index in [1.54, 1.807) is 11.8 Å². The molecule has 28 heavy (non-hydrogen) atoms. The van der Waals surface area contributed by atoms with Crippen LogP contribution in [0, 0.1) is 5.41 Å². The van der Waals surface area contributed by atoms with Crippen molar-refractivity contribution in [2.24, 2.45) is 16.1 Å². The molecular formula is C22H31N5S. The number of allylic oxidation sites excluding steroid dienone is 3. The second-order valence-electron chi connectivity index (χ2n) is 8.25. The third kappa shape index (κ3) is 3.77. The largest absolute Gasteiger partial charge is 0.355 e. The molecule has 1 atom stereocenters. The van der Waals surface area contributed by atoms with Crippen LogP contribution < -0.4 is 10.6 Å². The molecule has 1 saturated carbocycles. The molecule has 1 spiro atoms. The number of hydrogen-bond donors (Lipinski definition) is 1. The molecule has 2 aliphatic carbocycles. The van der Waals surface area contributed by atoms with E-state index in [0.717, 1.165) is 48.9 Å². The average molecular weight is 398 g/mol. The second kappa shape index (κ2) is 8.37. The molecule has 1 aromatic rings. The number of hydrogen-bond acceptors (Lipinski definition) is 6. The molecule has 150 valence electrons. The first kappa shape index (κ1) is 19.6. The topological polar surface area (TPSA) is 67.4 Å². The van der Waals surface area contributed by atoms with Crippen LogP contribution in [-0.2, 0) is 0 Å². The summed E-state index contributed by atoms with van der Waals surface area (Å²) in [6.45, 7) is 7.88. The number of nitrogens with zero attached hydrogens (tertiary/aromatic N) is 4. The molecule has 0 bridgehead atoms. The van der Waals surface area contributed by atoms with Gasteiger partial charge in [0.1, 0.15) is 10.8 Å². The lowest BCUT2D eigenvalue weighted by molar-refractivity contribution is 0.197. The molecule has 2 N–H and O–H groups in total. The van der Waals surface area contributed by atoms with Gasteiger partial charge in [0, 0.05) is 29.7 Å².